The summed E-state index contributed by atoms with van der Waals surface area (Å²) in [7, 11) is 0. The molecule has 0 saturated carbocycles. The normalized spacial score (nSPS) is 25.4. The third-order valence-corrected chi connectivity index (χ3v) is 2.20. The Bertz CT molecular complexity index is 121. The van der Waals surface area contributed by atoms with E-state index < -0.39 is 0 Å². The molecule has 0 bridgehead atoms. The second-order valence-corrected chi connectivity index (χ2v) is 3.27. The van der Waals surface area contributed by atoms with E-state index in [1.54, 1.807) is 0 Å². The summed E-state index contributed by atoms with van der Waals surface area (Å²) in [6, 6.07) is 0. The molecule has 0 N–H and O–H groups in total. The molecule has 1 fully saturated rings. The van der Waals surface area contributed by atoms with Gasteiger partial charge in [0.1, 0.15) is 0 Å². The average Bonchev–Trinajstić information content (AvgIpc) is 1.89. The minimum atomic E-state index is 0.424. The van der Waals surface area contributed by atoms with Crippen LogP contribution in [0.25, 0.3) is 0 Å². The van der Waals surface area contributed by atoms with E-state index in [4.69, 9.17) is 4.74 Å². The Hall–Kier alpha value is -0.300. The van der Waals surface area contributed by atoms with Crippen molar-refractivity contribution in [1.29, 1.82) is 0 Å². The van der Waals surface area contributed by atoms with Gasteiger partial charge in [-0.25, -0.2) is 0 Å². The molecular formula is C9H16O. The molecule has 1 heterocycles. The van der Waals surface area contributed by atoms with Gasteiger partial charge in [-0.05, 0) is 25.2 Å². The molecule has 1 heteroatoms. The Morgan fingerprint density at radius 1 is 1.30 bits per heavy atom. The fraction of sp³-hybridized carbons (Fsp3) is 0.778. The molecule has 58 valence electrons. The van der Waals surface area contributed by atoms with Gasteiger partial charge in [0.2, 0.25) is 0 Å². The van der Waals surface area contributed by atoms with E-state index in [9.17, 15) is 0 Å². The van der Waals surface area contributed by atoms with E-state index in [-0.39, 0.29) is 0 Å². The molecule has 0 atom stereocenters. The molecule has 0 aromatic heterocycles. The topological polar surface area (TPSA) is 9.23 Å². The maximum atomic E-state index is 5.28. The molecule has 0 radical (unpaired) electrons. The second kappa shape index (κ2) is 3.20. The molecule has 0 unspecified atom stereocenters. The molecule has 1 rings (SSSR count). The highest BCUT2D eigenvalue weighted by atomic mass is 16.5. The minimum Gasteiger partial charge on any atom is -0.381 e. The van der Waals surface area contributed by atoms with Gasteiger partial charge in [0.15, 0.2) is 0 Å². The number of allylic oxidation sites excluding steroid dienone is 2. The van der Waals surface area contributed by atoms with Gasteiger partial charge in [0.25, 0.3) is 0 Å². The first-order chi connectivity index (χ1) is 4.77. The minimum absolute atomic E-state index is 0.424. The van der Waals surface area contributed by atoms with Crippen LogP contribution < -0.4 is 0 Å². The highest BCUT2D eigenvalue weighted by Gasteiger charge is 2.23. The Kier molecular flexibility index (Phi) is 2.50. The largest absolute Gasteiger partial charge is 0.381 e. The van der Waals surface area contributed by atoms with Crippen LogP contribution in [0.15, 0.2) is 12.2 Å². The van der Waals surface area contributed by atoms with Gasteiger partial charge in [0, 0.05) is 13.2 Å². The van der Waals surface area contributed by atoms with Crippen LogP contribution in [-0.2, 0) is 4.74 Å². The molecule has 0 aromatic carbocycles. The van der Waals surface area contributed by atoms with Crippen LogP contribution in [0.4, 0.5) is 0 Å². The van der Waals surface area contributed by atoms with Gasteiger partial charge >= 0.3 is 0 Å². The number of hydrogen-bond donors (Lipinski definition) is 0. The van der Waals surface area contributed by atoms with Crippen molar-refractivity contribution in [2.45, 2.75) is 26.7 Å². The molecular weight excluding hydrogens is 124 g/mol. The van der Waals surface area contributed by atoms with Crippen LogP contribution >= 0.6 is 0 Å². The van der Waals surface area contributed by atoms with Crippen molar-refractivity contribution < 1.29 is 4.74 Å². The summed E-state index contributed by atoms with van der Waals surface area (Å²) >= 11 is 0. The van der Waals surface area contributed by atoms with Crippen molar-refractivity contribution in [1.82, 2.24) is 0 Å². The predicted octanol–water partition coefficient (Wildman–Crippen LogP) is 2.38. The van der Waals surface area contributed by atoms with Gasteiger partial charge in [-0.2, -0.15) is 0 Å². The van der Waals surface area contributed by atoms with Crippen molar-refractivity contribution >= 4 is 0 Å². The van der Waals surface area contributed by atoms with Crippen LogP contribution in [0, 0.1) is 5.41 Å². The smallest absolute Gasteiger partial charge is 0.0474 e. The van der Waals surface area contributed by atoms with Crippen molar-refractivity contribution in [3.8, 4) is 0 Å². The summed E-state index contributed by atoms with van der Waals surface area (Å²) in [5, 5.41) is 0. The van der Waals surface area contributed by atoms with Gasteiger partial charge in [-0.1, -0.05) is 19.1 Å². The van der Waals surface area contributed by atoms with Crippen LogP contribution in [0.5, 0.6) is 0 Å². The maximum Gasteiger partial charge on any atom is 0.0474 e. The summed E-state index contributed by atoms with van der Waals surface area (Å²) in [6.45, 7) is 6.25. The van der Waals surface area contributed by atoms with Crippen molar-refractivity contribution in [3.05, 3.63) is 12.2 Å². The molecule has 10 heavy (non-hydrogen) atoms. The van der Waals surface area contributed by atoms with E-state index in [0.29, 0.717) is 5.41 Å². The lowest BCUT2D eigenvalue weighted by molar-refractivity contribution is 0.0449. The quantitative estimate of drug-likeness (QED) is 0.508. The average molecular weight is 140 g/mol. The van der Waals surface area contributed by atoms with E-state index >= 15 is 0 Å². The summed E-state index contributed by atoms with van der Waals surface area (Å²) in [4.78, 5) is 0. The third-order valence-electron chi connectivity index (χ3n) is 2.20. The second-order valence-electron chi connectivity index (χ2n) is 3.27. The molecule has 0 aliphatic carbocycles. The Morgan fingerprint density at radius 3 is 2.40 bits per heavy atom. The van der Waals surface area contributed by atoms with Crippen molar-refractivity contribution in [2.24, 2.45) is 5.41 Å². The first-order valence-corrected chi connectivity index (χ1v) is 3.98. The van der Waals surface area contributed by atoms with Crippen LogP contribution in [0.2, 0.25) is 0 Å². The molecule has 0 spiro atoms. The Morgan fingerprint density at radius 2 is 1.90 bits per heavy atom. The molecule has 1 aliphatic heterocycles. The highest BCUT2D eigenvalue weighted by molar-refractivity contribution is 4.96. The maximum absolute atomic E-state index is 5.28. The monoisotopic (exact) mass is 140 g/mol. The first-order valence-electron chi connectivity index (χ1n) is 3.98. The molecule has 1 nitrogen and oxygen atoms in total. The fourth-order valence-electron chi connectivity index (χ4n) is 1.41. The van der Waals surface area contributed by atoms with E-state index in [2.05, 4.69) is 26.0 Å². The highest BCUT2D eigenvalue weighted by Crippen LogP contribution is 2.30. The first kappa shape index (κ1) is 7.80. The predicted molar refractivity (Wildman–Crippen MR) is 43.0 cm³/mol. The number of ether oxygens (including phenoxy) is 1. The van der Waals surface area contributed by atoms with Crippen LogP contribution in [0.3, 0.4) is 0 Å². The molecule has 1 aliphatic rings. The lowest BCUT2D eigenvalue weighted by atomic mass is 9.82. The van der Waals surface area contributed by atoms with Gasteiger partial charge in [-0.15, -0.1) is 0 Å². The van der Waals surface area contributed by atoms with Gasteiger partial charge < -0.3 is 4.74 Å². The summed E-state index contributed by atoms with van der Waals surface area (Å²) < 4.78 is 5.28. The van der Waals surface area contributed by atoms with Crippen LogP contribution in [-0.4, -0.2) is 13.2 Å². The van der Waals surface area contributed by atoms with E-state index in [1.807, 2.05) is 0 Å². The fourth-order valence-corrected chi connectivity index (χ4v) is 1.41. The number of hydrogen-bond acceptors (Lipinski definition) is 1. The molecule has 1 saturated heterocycles. The Labute approximate surface area is 63.1 Å². The SMILES string of the molecule is CC=CC1(C)CCOCC1. The molecule has 0 aromatic rings. The van der Waals surface area contributed by atoms with Gasteiger partial charge in [-0.3, -0.25) is 0 Å². The van der Waals surface area contributed by atoms with Gasteiger partial charge in [0.05, 0.1) is 0 Å². The third kappa shape index (κ3) is 1.84. The zero-order chi connectivity index (χ0) is 7.45. The Balaban J connectivity index is 2.48. The number of rotatable bonds is 1. The lowest BCUT2D eigenvalue weighted by Gasteiger charge is -2.30. The zero-order valence-electron chi connectivity index (χ0n) is 6.89. The molecule has 0 amide bonds. The summed E-state index contributed by atoms with van der Waals surface area (Å²) in [5.74, 6) is 0. The lowest BCUT2D eigenvalue weighted by Crippen LogP contribution is -2.24. The van der Waals surface area contributed by atoms with Crippen molar-refractivity contribution in [2.75, 3.05) is 13.2 Å². The zero-order valence-corrected chi connectivity index (χ0v) is 6.89. The van der Waals surface area contributed by atoms with Crippen LogP contribution in [0.1, 0.15) is 26.7 Å². The van der Waals surface area contributed by atoms with E-state index in [0.717, 1.165) is 13.2 Å². The standard InChI is InChI=1S/C9H16O/c1-3-4-9(2)5-7-10-8-6-9/h3-4H,5-8H2,1-2H3. The summed E-state index contributed by atoms with van der Waals surface area (Å²) in [6.07, 6.45) is 6.80. The van der Waals surface area contributed by atoms with E-state index in [1.165, 1.54) is 12.8 Å². The van der Waals surface area contributed by atoms with Crippen molar-refractivity contribution in [3.63, 3.8) is 0 Å². The summed E-state index contributed by atoms with van der Waals surface area (Å²) in [5.41, 5.74) is 0.424.